The van der Waals surface area contributed by atoms with Crippen LogP contribution in [0, 0.1) is 6.92 Å². The van der Waals surface area contributed by atoms with Crippen molar-refractivity contribution in [1.82, 2.24) is 25.2 Å². The Morgan fingerprint density at radius 2 is 2.35 bits per heavy atom. The van der Waals surface area contributed by atoms with E-state index in [0.717, 1.165) is 19.3 Å². The van der Waals surface area contributed by atoms with E-state index in [-0.39, 0.29) is 12.1 Å². The molecule has 7 heteroatoms. The van der Waals surface area contributed by atoms with Crippen LogP contribution in [0.15, 0.2) is 30.6 Å². The number of rotatable bonds is 3. The first-order chi connectivity index (χ1) is 12.5. The van der Waals surface area contributed by atoms with Gasteiger partial charge < -0.3 is 15.3 Å². The molecule has 2 N–H and O–H groups in total. The summed E-state index contributed by atoms with van der Waals surface area (Å²) in [5.74, 6) is 0. The number of urea groups is 1. The molecule has 26 heavy (non-hydrogen) atoms. The van der Waals surface area contributed by atoms with Crippen molar-refractivity contribution in [3.05, 3.63) is 47.3 Å². The van der Waals surface area contributed by atoms with Crippen molar-refractivity contribution in [3.63, 3.8) is 0 Å². The number of nitrogens with zero attached hydrogens (tertiary/aromatic N) is 4. The number of benzene rings is 1. The standard InChI is InChI=1S/C19H25N5O2/c1-14-5-6-15-3-2-4-17(16(15)11-14)21-18(25)23-9-7-19(26,12-23)13-24-10-8-20-22-24/h5-6,8,10-11,17,26H,2-4,7,9,12-13H2,1H3,(H,21,25)/t17-,19?/m1/s1. The topological polar surface area (TPSA) is 83.3 Å². The number of fused-ring (bicyclic) bond motifs is 1. The summed E-state index contributed by atoms with van der Waals surface area (Å²) in [7, 11) is 0. The van der Waals surface area contributed by atoms with E-state index in [1.807, 2.05) is 0 Å². The lowest BCUT2D eigenvalue weighted by atomic mass is 9.87. The number of hydrogen-bond acceptors (Lipinski definition) is 4. The van der Waals surface area contributed by atoms with Crippen LogP contribution in [0.4, 0.5) is 4.79 Å². The second-order valence-electron chi connectivity index (χ2n) is 7.59. The highest BCUT2D eigenvalue weighted by atomic mass is 16.3. The number of aliphatic hydroxyl groups is 1. The van der Waals surface area contributed by atoms with E-state index in [1.165, 1.54) is 16.7 Å². The molecular formula is C19H25N5O2. The first-order valence-electron chi connectivity index (χ1n) is 9.24. The minimum absolute atomic E-state index is 0.0511. The van der Waals surface area contributed by atoms with Crippen LogP contribution in [0.3, 0.4) is 0 Å². The molecular weight excluding hydrogens is 330 g/mol. The van der Waals surface area contributed by atoms with Crippen LogP contribution in [-0.2, 0) is 13.0 Å². The fourth-order valence-electron chi connectivity index (χ4n) is 4.09. The Kier molecular flexibility index (Phi) is 4.40. The fraction of sp³-hybridized carbons (Fsp3) is 0.526. The van der Waals surface area contributed by atoms with Crippen molar-refractivity contribution in [2.75, 3.05) is 13.1 Å². The molecule has 1 aromatic carbocycles. The number of aryl methyl sites for hydroxylation is 2. The molecule has 0 saturated carbocycles. The van der Waals surface area contributed by atoms with E-state index in [1.54, 1.807) is 22.0 Å². The highest BCUT2D eigenvalue weighted by Crippen LogP contribution is 2.31. The second-order valence-corrected chi connectivity index (χ2v) is 7.59. The van der Waals surface area contributed by atoms with Crippen molar-refractivity contribution in [3.8, 4) is 0 Å². The van der Waals surface area contributed by atoms with Gasteiger partial charge in [-0.15, -0.1) is 5.10 Å². The van der Waals surface area contributed by atoms with E-state index >= 15 is 0 Å². The molecule has 1 saturated heterocycles. The SMILES string of the molecule is Cc1ccc2c(c1)[C@H](NC(=O)N1CCC(O)(Cn3ccnn3)C1)CCC2. The Bertz CT molecular complexity index is 791. The van der Waals surface area contributed by atoms with Gasteiger partial charge in [0, 0.05) is 12.7 Å². The Morgan fingerprint density at radius 3 is 3.15 bits per heavy atom. The Hall–Kier alpha value is -2.41. The third-order valence-electron chi connectivity index (χ3n) is 5.46. The van der Waals surface area contributed by atoms with E-state index in [2.05, 4.69) is 40.8 Å². The zero-order valence-electron chi connectivity index (χ0n) is 15.1. The van der Waals surface area contributed by atoms with Gasteiger partial charge in [-0.1, -0.05) is 29.0 Å². The molecule has 1 aromatic heterocycles. The lowest BCUT2D eigenvalue weighted by Crippen LogP contribution is -2.44. The summed E-state index contributed by atoms with van der Waals surface area (Å²) in [6.07, 6.45) is 6.97. The largest absolute Gasteiger partial charge is 0.386 e. The van der Waals surface area contributed by atoms with Crippen LogP contribution in [0.2, 0.25) is 0 Å². The van der Waals surface area contributed by atoms with Crippen LogP contribution < -0.4 is 5.32 Å². The maximum atomic E-state index is 12.8. The van der Waals surface area contributed by atoms with Crippen molar-refractivity contribution < 1.29 is 9.90 Å². The fourth-order valence-corrected chi connectivity index (χ4v) is 4.09. The number of β-amino-alcohol motifs (C(OH)–C–C–N with tert-alkyl or cyclic N) is 1. The number of amides is 2. The molecule has 2 aliphatic rings. The van der Waals surface area contributed by atoms with E-state index in [4.69, 9.17) is 0 Å². The smallest absolute Gasteiger partial charge is 0.317 e. The van der Waals surface area contributed by atoms with Crippen LogP contribution >= 0.6 is 0 Å². The van der Waals surface area contributed by atoms with Gasteiger partial charge in [0.2, 0.25) is 0 Å². The van der Waals surface area contributed by atoms with Gasteiger partial charge in [0.25, 0.3) is 0 Å². The van der Waals surface area contributed by atoms with Crippen LogP contribution in [0.5, 0.6) is 0 Å². The average molecular weight is 355 g/mol. The molecule has 1 aliphatic carbocycles. The maximum Gasteiger partial charge on any atom is 0.317 e. The zero-order valence-corrected chi connectivity index (χ0v) is 15.1. The minimum atomic E-state index is -0.952. The van der Waals surface area contributed by atoms with Gasteiger partial charge in [-0.3, -0.25) is 0 Å². The summed E-state index contributed by atoms with van der Waals surface area (Å²) in [6, 6.07) is 6.45. The van der Waals surface area contributed by atoms with Gasteiger partial charge in [-0.2, -0.15) is 0 Å². The molecule has 7 nitrogen and oxygen atoms in total. The summed E-state index contributed by atoms with van der Waals surface area (Å²) >= 11 is 0. The Balaban J connectivity index is 1.41. The average Bonchev–Trinajstić information content (AvgIpc) is 3.25. The van der Waals surface area contributed by atoms with E-state index < -0.39 is 5.60 Å². The van der Waals surface area contributed by atoms with Gasteiger partial charge >= 0.3 is 6.03 Å². The van der Waals surface area contributed by atoms with E-state index in [0.29, 0.717) is 26.1 Å². The van der Waals surface area contributed by atoms with Crippen molar-refractivity contribution in [2.24, 2.45) is 0 Å². The first kappa shape index (κ1) is 17.0. The summed E-state index contributed by atoms with van der Waals surface area (Å²) in [6.45, 7) is 3.29. The van der Waals surface area contributed by atoms with Gasteiger partial charge in [-0.05, 0) is 43.7 Å². The predicted octanol–water partition coefficient (Wildman–Crippen LogP) is 1.81. The molecule has 138 valence electrons. The summed E-state index contributed by atoms with van der Waals surface area (Å²) in [5.41, 5.74) is 2.83. The van der Waals surface area contributed by atoms with Crippen LogP contribution in [-0.4, -0.2) is 49.7 Å². The maximum absolute atomic E-state index is 12.8. The number of nitrogens with one attached hydrogen (secondary N) is 1. The van der Waals surface area contributed by atoms with Gasteiger partial charge in [0.1, 0.15) is 5.60 Å². The molecule has 0 spiro atoms. The summed E-state index contributed by atoms with van der Waals surface area (Å²) in [4.78, 5) is 14.5. The molecule has 0 radical (unpaired) electrons. The zero-order chi connectivity index (χ0) is 18.1. The molecule has 2 aromatic rings. The van der Waals surface area contributed by atoms with Gasteiger partial charge in [0.15, 0.2) is 0 Å². The number of carbonyl (C=O) groups is 1. The second kappa shape index (κ2) is 6.72. The molecule has 1 unspecified atom stereocenters. The third kappa shape index (κ3) is 3.44. The normalized spacial score (nSPS) is 25.2. The quantitative estimate of drug-likeness (QED) is 0.880. The molecule has 1 aliphatic heterocycles. The molecule has 4 rings (SSSR count). The molecule has 1 fully saturated rings. The lowest BCUT2D eigenvalue weighted by molar-refractivity contribution is 0.0309. The highest BCUT2D eigenvalue weighted by Gasteiger charge is 2.39. The van der Waals surface area contributed by atoms with E-state index in [9.17, 15) is 9.90 Å². The molecule has 2 amide bonds. The Morgan fingerprint density at radius 1 is 1.46 bits per heavy atom. The van der Waals surface area contributed by atoms with Crippen LogP contribution in [0.1, 0.15) is 42.0 Å². The predicted molar refractivity (Wildman–Crippen MR) is 96.6 cm³/mol. The molecule has 0 bridgehead atoms. The van der Waals surface area contributed by atoms with Gasteiger partial charge in [-0.25, -0.2) is 9.48 Å². The molecule has 2 heterocycles. The Labute approximate surface area is 153 Å². The summed E-state index contributed by atoms with van der Waals surface area (Å²) < 4.78 is 1.61. The first-order valence-corrected chi connectivity index (χ1v) is 9.24. The molecule has 2 atom stereocenters. The number of likely N-dealkylation sites (tertiary alicyclic amines) is 1. The van der Waals surface area contributed by atoms with Crippen molar-refractivity contribution >= 4 is 6.03 Å². The van der Waals surface area contributed by atoms with Crippen LogP contribution in [0.25, 0.3) is 0 Å². The lowest BCUT2D eigenvalue weighted by Gasteiger charge is -2.29. The van der Waals surface area contributed by atoms with Crippen molar-refractivity contribution in [2.45, 2.75) is 50.8 Å². The number of carbonyl (C=O) groups excluding carboxylic acids is 1. The minimum Gasteiger partial charge on any atom is -0.386 e. The van der Waals surface area contributed by atoms with Gasteiger partial charge in [0.05, 0.1) is 25.3 Å². The monoisotopic (exact) mass is 355 g/mol. The third-order valence-corrected chi connectivity index (χ3v) is 5.46. The highest BCUT2D eigenvalue weighted by molar-refractivity contribution is 5.75. The summed E-state index contributed by atoms with van der Waals surface area (Å²) in [5, 5.41) is 21.6. The number of hydrogen-bond donors (Lipinski definition) is 2. The number of aromatic nitrogens is 3. The van der Waals surface area contributed by atoms with Crippen molar-refractivity contribution in [1.29, 1.82) is 0 Å².